The smallest absolute Gasteiger partial charge is 0.338 e. The third kappa shape index (κ3) is 4.99. The van der Waals surface area contributed by atoms with Crippen LogP contribution in [0.15, 0.2) is 30.6 Å². The van der Waals surface area contributed by atoms with Crippen LogP contribution in [0.1, 0.15) is 45.9 Å². The van der Waals surface area contributed by atoms with Crippen LogP contribution in [0.3, 0.4) is 0 Å². The van der Waals surface area contributed by atoms with Gasteiger partial charge in [-0.3, -0.25) is 9.69 Å². The molecule has 0 radical (unpaired) electrons. The molecule has 33 heavy (non-hydrogen) atoms. The van der Waals surface area contributed by atoms with Crippen LogP contribution in [-0.2, 0) is 4.74 Å². The lowest BCUT2D eigenvalue weighted by Crippen LogP contribution is -2.46. The molecule has 1 amide bonds. The number of hydrogen-bond donors (Lipinski definition) is 1. The number of aromatic nitrogens is 2. The maximum Gasteiger partial charge on any atom is 0.338 e. The Morgan fingerprint density at radius 2 is 1.82 bits per heavy atom. The Balaban J connectivity index is 1.53. The number of thiophene rings is 1. The van der Waals surface area contributed by atoms with E-state index in [0.717, 1.165) is 60.7 Å². The summed E-state index contributed by atoms with van der Waals surface area (Å²) in [6, 6.07) is 6.70. The molecule has 1 N–H and O–H groups in total. The molecule has 0 unspecified atom stereocenters. The molecule has 1 aliphatic rings. The van der Waals surface area contributed by atoms with E-state index in [1.807, 2.05) is 6.92 Å². The fraction of sp³-hybridized carbons (Fsp3) is 0.417. The number of ether oxygens (including phenoxy) is 1. The molecule has 0 bridgehead atoms. The molecular weight excluding hydrogens is 438 g/mol. The molecule has 0 atom stereocenters. The van der Waals surface area contributed by atoms with Crippen LogP contribution in [0.4, 0.5) is 11.5 Å². The highest BCUT2D eigenvalue weighted by molar-refractivity contribution is 7.20. The summed E-state index contributed by atoms with van der Waals surface area (Å²) >= 11 is 1.38. The number of esters is 1. The molecule has 0 aliphatic carbocycles. The number of amides is 1. The Labute approximate surface area is 197 Å². The Morgan fingerprint density at radius 3 is 2.48 bits per heavy atom. The molecule has 2 aromatic heterocycles. The average Bonchev–Trinajstić information content (AvgIpc) is 3.17. The third-order valence-electron chi connectivity index (χ3n) is 5.78. The van der Waals surface area contributed by atoms with Gasteiger partial charge < -0.3 is 15.0 Å². The Morgan fingerprint density at radius 1 is 1.09 bits per heavy atom. The van der Waals surface area contributed by atoms with Crippen LogP contribution >= 0.6 is 11.3 Å². The van der Waals surface area contributed by atoms with Crippen molar-refractivity contribution in [3.63, 3.8) is 0 Å². The quantitative estimate of drug-likeness (QED) is 0.526. The normalized spacial score (nSPS) is 14.5. The van der Waals surface area contributed by atoms with E-state index in [1.54, 1.807) is 37.5 Å². The van der Waals surface area contributed by atoms with Gasteiger partial charge in [0.25, 0.3) is 5.91 Å². The Hall–Kier alpha value is -3.04. The fourth-order valence-electron chi connectivity index (χ4n) is 4.10. The van der Waals surface area contributed by atoms with Crippen molar-refractivity contribution in [3.05, 3.63) is 46.6 Å². The second-order valence-corrected chi connectivity index (χ2v) is 9.01. The summed E-state index contributed by atoms with van der Waals surface area (Å²) in [7, 11) is 0. The van der Waals surface area contributed by atoms with Gasteiger partial charge in [0.2, 0.25) is 0 Å². The summed E-state index contributed by atoms with van der Waals surface area (Å²) < 4.78 is 5.00. The molecule has 1 saturated heterocycles. The van der Waals surface area contributed by atoms with Gasteiger partial charge in [0, 0.05) is 31.9 Å². The molecule has 3 aromatic rings. The summed E-state index contributed by atoms with van der Waals surface area (Å²) in [5, 5.41) is 3.88. The number of rotatable bonds is 7. The zero-order valence-corrected chi connectivity index (χ0v) is 20.1. The Kier molecular flexibility index (Phi) is 7.20. The first kappa shape index (κ1) is 23.1. The summed E-state index contributed by atoms with van der Waals surface area (Å²) in [6.07, 6.45) is 2.74. The van der Waals surface area contributed by atoms with E-state index < -0.39 is 0 Å². The zero-order chi connectivity index (χ0) is 23.4. The molecule has 1 aromatic carbocycles. The van der Waals surface area contributed by atoms with E-state index in [4.69, 9.17) is 4.74 Å². The van der Waals surface area contributed by atoms with E-state index >= 15 is 0 Å². The van der Waals surface area contributed by atoms with Gasteiger partial charge in [0.05, 0.1) is 22.4 Å². The number of carbonyl (C=O) groups excluding carboxylic acids is 2. The topological polar surface area (TPSA) is 87.7 Å². The van der Waals surface area contributed by atoms with Crippen molar-refractivity contribution in [1.82, 2.24) is 14.9 Å². The number of fused-ring (bicyclic) bond motifs is 1. The Bertz CT molecular complexity index is 1140. The SMILES string of the molecule is CCCN1CCN(c2ncnc3sc(C(=O)Nc4ccc(C(=O)OCC)cc4)c(C)c23)CC1. The zero-order valence-electron chi connectivity index (χ0n) is 19.3. The van der Waals surface area contributed by atoms with Gasteiger partial charge in [0.15, 0.2) is 0 Å². The van der Waals surface area contributed by atoms with Crippen LogP contribution < -0.4 is 10.2 Å². The summed E-state index contributed by atoms with van der Waals surface area (Å²) in [6.45, 7) is 11.2. The number of piperazine rings is 1. The van der Waals surface area contributed by atoms with Crippen molar-refractivity contribution in [3.8, 4) is 0 Å². The first-order valence-corrected chi connectivity index (χ1v) is 12.1. The lowest BCUT2D eigenvalue weighted by atomic mass is 10.1. The van der Waals surface area contributed by atoms with Gasteiger partial charge in [-0.15, -0.1) is 11.3 Å². The van der Waals surface area contributed by atoms with E-state index in [2.05, 4.69) is 32.0 Å². The van der Waals surface area contributed by atoms with Gasteiger partial charge in [-0.05, 0) is 56.6 Å². The molecule has 0 spiro atoms. The molecule has 8 nitrogen and oxygen atoms in total. The molecule has 9 heteroatoms. The molecule has 174 valence electrons. The molecule has 4 rings (SSSR count). The lowest BCUT2D eigenvalue weighted by molar-refractivity contribution is 0.0526. The number of carbonyl (C=O) groups is 2. The van der Waals surface area contributed by atoms with E-state index in [9.17, 15) is 9.59 Å². The van der Waals surface area contributed by atoms with Crippen LogP contribution in [-0.4, -0.2) is 66.1 Å². The molecule has 1 fully saturated rings. The van der Waals surface area contributed by atoms with Crippen molar-refractivity contribution >= 4 is 44.9 Å². The number of anilines is 2. The molecule has 3 heterocycles. The highest BCUT2D eigenvalue weighted by Gasteiger charge is 2.24. The molecule has 1 aliphatic heterocycles. The van der Waals surface area contributed by atoms with Crippen molar-refractivity contribution in [1.29, 1.82) is 0 Å². The van der Waals surface area contributed by atoms with Gasteiger partial charge in [-0.1, -0.05) is 6.92 Å². The maximum absolute atomic E-state index is 13.1. The first-order chi connectivity index (χ1) is 16.0. The molecule has 0 saturated carbocycles. The fourth-order valence-corrected chi connectivity index (χ4v) is 5.14. The number of aryl methyl sites for hydroxylation is 1. The lowest BCUT2D eigenvalue weighted by Gasteiger charge is -2.35. The third-order valence-corrected chi connectivity index (χ3v) is 6.98. The second kappa shape index (κ2) is 10.3. The van der Waals surface area contributed by atoms with Gasteiger partial charge >= 0.3 is 5.97 Å². The van der Waals surface area contributed by atoms with Gasteiger partial charge in [-0.2, -0.15) is 0 Å². The van der Waals surface area contributed by atoms with Gasteiger partial charge in [-0.25, -0.2) is 14.8 Å². The van der Waals surface area contributed by atoms with Crippen molar-refractivity contribution in [2.45, 2.75) is 27.2 Å². The molecular formula is C24H29N5O3S. The average molecular weight is 468 g/mol. The van der Waals surface area contributed by atoms with Crippen molar-refractivity contribution in [2.75, 3.05) is 49.5 Å². The number of benzene rings is 1. The monoisotopic (exact) mass is 467 g/mol. The maximum atomic E-state index is 13.1. The van der Waals surface area contributed by atoms with Crippen LogP contribution in [0.2, 0.25) is 0 Å². The number of nitrogens with one attached hydrogen (secondary N) is 1. The first-order valence-electron chi connectivity index (χ1n) is 11.3. The van der Waals surface area contributed by atoms with E-state index in [-0.39, 0.29) is 11.9 Å². The minimum Gasteiger partial charge on any atom is -0.462 e. The highest BCUT2D eigenvalue weighted by atomic mass is 32.1. The van der Waals surface area contributed by atoms with Crippen molar-refractivity contribution < 1.29 is 14.3 Å². The van der Waals surface area contributed by atoms with E-state index in [0.29, 0.717) is 22.7 Å². The summed E-state index contributed by atoms with van der Waals surface area (Å²) in [5.74, 6) is 0.332. The van der Waals surface area contributed by atoms with Crippen LogP contribution in [0, 0.1) is 6.92 Å². The van der Waals surface area contributed by atoms with Crippen molar-refractivity contribution in [2.24, 2.45) is 0 Å². The largest absolute Gasteiger partial charge is 0.462 e. The predicted molar refractivity (Wildman–Crippen MR) is 131 cm³/mol. The van der Waals surface area contributed by atoms with Crippen LogP contribution in [0.5, 0.6) is 0 Å². The number of nitrogens with zero attached hydrogens (tertiary/aromatic N) is 4. The van der Waals surface area contributed by atoms with E-state index in [1.165, 1.54) is 11.3 Å². The highest BCUT2D eigenvalue weighted by Crippen LogP contribution is 2.35. The minimum absolute atomic E-state index is 0.196. The number of hydrogen-bond acceptors (Lipinski definition) is 8. The predicted octanol–water partition coefficient (Wildman–Crippen LogP) is 3.96. The second-order valence-electron chi connectivity index (χ2n) is 8.01. The van der Waals surface area contributed by atoms with Gasteiger partial charge in [0.1, 0.15) is 17.0 Å². The summed E-state index contributed by atoms with van der Waals surface area (Å²) in [5.41, 5.74) is 1.96. The summed E-state index contributed by atoms with van der Waals surface area (Å²) in [4.78, 5) is 40.1. The standard InChI is InChI=1S/C24H29N5O3S/c1-4-10-28-11-13-29(14-12-28)21-19-16(3)20(33-23(19)26-15-25-21)22(30)27-18-8-6-17(7-9-18)24(31)32-5-2/h6-9,15H,4-5,10-14H2,1-3H3,(H,27,30). The van der Waals surface area contributed by atoms with Crippen LogP contribution in [0.25, 0.3) is 10.2 Å². The minimum atomic E-state index is -0.377.